The van der Waals surface area contributed by atoms with E-state index in [2.05, 4.69) is 66.1 Å². The van der Waals surface area contributed by atoms with Crippen molar-refractivity contribution in [3.05, 3.63) is 60.4 Å². The van der Waals surface area contributed by atoms with E-state index in [9.17, 15) is 0 Å². The number of rotatable bonds is 0. The number of hydrogen-bond acceptors (Lipinski definition) is 4. The van der Waals surface area contributed by atoms with Crippen LogP contribution < -0.4 is 23.0 Å². The van der Waals surface area contributed by atoms with Crippen LogP contribution in [0.4, 0.5) is 0 Å². The first-order chi connectivity index (χ1) is 9.36. The van der Waals surface area contributed by atoms with Crippen LogP contribution in [0, 0.1) is 17.2 Å². The molecule has 0 fully saturated rings. The smallest absolute Gasteiger partial charge is 0.211 e. The van der Waals surface area contributed by atoms with Gasteiger partial charge >= 0.3 is 0 Å². The highest BCUT2D eigenvalue weighted by Crippen LogP contribution is 2.16. The first kappa shape index (κ1) is 14.6. The van der Waals surface area contributed by atoms with Crippen LogP contribution in [0.1, 0.15) is 5.69 Å². The molecule has 3 rings (SSSR count). The van der Waals surface area contributed by atoms with Gasteiger partial charge in [0.25, 0.3) is 0 Å². The zero-order chi connectivity index (χ0) is 14.8. The summed E-state index contributed by atoms with van der Waals surface area (Å²) in [5.74, 6) is 0. The quantitative estimate of drug-likeness (QED) is 0.358. The fourth-order valence-corrected chi connectivity index (χ4v) is 2.12. The summed E-state index contributed by atoms with van der Waals surface area (Å²) in [6.45, 7) is 2.16. The maximum atomic E-state index is 8.49. The van der Waals surface area contributed by atoms with E-state index in [1.807, 2.05) is 0 Å². The molecule has 2 aromatic heterocycles. The number of hydrogen-bond donors (Lipinski definition) is 0. The molecule has 0 radical (unpaired) electrons. The van der Waals surface area contributed by atoms with Crippen molar-refractivity contribution >= 4 is 16.3 Å². The summed E-state index contributed by atoms with van der Waals surface area (Å²) in [4.78, 5) is 0. The maximum absolute atomic E-state index is 8.49. The molecule has 0 unspecified atom stereocenters. The molecule has 1 aromatic carbocycles. The second-order valence-corrected chi connectivity index (χ2v) is 4.95. The third kappa shape index (κ3) is 3.63. The normalized spacial score (nSPS) is 11.2. The van der Waals surface area contributed by atoms with Crippen LogP contribution in [-0.4, -0.2) is 0 Å². The van der Waals surface area contributed by atoms with Crippen LogP contribution in [0.5, 0.6) is 0 Å². The predicted octanol–water partition coefficient (Wildman–Crippen LogP) is -1.87. The molecule has 0 bridgehead atoms. The summed E-state index contributed by atoms with van der Waals surface area (Å²) in [7, 11) is -4.94. The number of aromatic nitrogens is 1. The van der Waals surface area contributed by atoms with Crippen molar-refractivity contribution in [2.45, 2.75) is 6.92 Å². The average molecular weight is 294 g/mol. The Morgan fingerprint density at radius 2 is 1.50 bits per heavy atom. The minimum Gasteiger partial charge on any atom is -0.222 e. The molecule has 0 atom stereocenters. The van der Waals surface area contributed by atoms with Gasteiger partial charge in [0.05, 0.1) is 0 Å². The molecule has 6 heteroatoms. The van der Waals surface area contributed by atoms with Gasteiger partial charge in [0.2, 0.25) is 5.52 Å². The highest BCUT2D eigenvalue weighted by atomic mass is 35.7. The number of pyridine rings is 2. The molecule has 0 N–H and O–H groups in total. The number of aryl methyl sites for hydroxylation is 1. The number of nitrogens with zero attached hydrogens (tertiary/aromatic N) is 1. The Hall–Kier alpha value is -1.76. The average Bonchev–Trinajstić information content (AvgIpc) is 2.37. The molecule has 0 saturated heterocycles. The Morgan fingerprint density at radius 3 is 2.20 bits per heavy atom. The standard InChI is InChI=1S/C14H12N.ClHO4/c1-11-14-8-3-2-6-12(14)10-13-7-4-5-9-15(11)13;2-1(3,4)5/h2-10H,1H3;(H,2,3,4,5)/q+1;/p-1. The van der Waals surface area contributed by atoms with Crippen molar-refractivity contribution in [3.8, 4) is 0 Å². The van der Waals surface area contributed by atoms with Gasteiger partial charge in [-0.2, -0.15) is 4.40 Å². The summed E-state index contributed by atoms with van der Waals surface area (Å²) in [6, 6.07) is 17.0. The van der Waals surface area contributed by atoms with Crippen molar-refractivity contribution in [3.63, 3.8) is 0 Å². The highest BCUT2D eigenvalue weighted by Gasteiger charge is 2.09. The predicted molar refractivity (Wildman–Crippen MR) is 61.8 cm³/mol. The van der Waals surface area contributed by atoms with Crippen LogP contribution in [0.2, 0.25) is 0 Å². The summed E-state index contributed by atoms with van der Waals surface area (Å²) in [5.41, 5.74) is 2.54. The van der Waals surface area contributed by atoms with E-state index in [0.29, 0.717) is 0 Å². The number of benzene rings is 1. The number of halogens is 1. The molecular formula is C14H12ClNO4. The summed E-state index contributed by atoms with van der Waals surface area (Å²) < 4.78 is 36.2. The lowest BCUT2D eigenvalue weighted by atomic mass is 10.1. The van der Waals surface area contributed by atoms with Crippen LogP contribution in [0.3, 0.4) is 0 Å². The molecule has 0 aliphatic carbocycles. The highest BCUT2D eigenvalue weighted by molar-refractivity contribution is 5.85. The van der Waals surface area contributed by atoms with Crippen molar-refractivity contribution < 1.29 is 33.3 Å². The van der Waals surface area contributed by atoms with Gasteiger partial charge in [-0.25, -0.2) is 18.6 Å². The minimum atomic E-state index is -4.94. The summed E-state index contributed by atoms with van der Waals surface area (Å²) in [6.07, 6.45) is 2.11. The SMILES string of the molecule is Cc1c2ccccc2cc2cccc[n+]12.[O-][Cl+3]([O-])([O-])[O-]. The summed E-state index contributed by atoms with van der Waals surface area (Å²) in [5, 5.41) is 2.63. The molecule has 104 valence electrons. The molecule has 20 heavy (non-hydrogen) atoms. The van der Waals surface area contributed by atoms with E-state index in [-0.39, 0.29) is 0 Å². The van der Waals surface area contributed by atoms with Gasteiger partial charge in [-0.05, 0) is 17.5 Å². The Balaban J connectivity index is 0.000000257. The molecule has 5 nitrogen and oxygen atoms in total. The van der Waals surface area contributed by atoms with Crippen molar-refractivity contribution in [1.29, 1.82) is 0 Å². The molecule has 0 saturated carbocycles. The van der Waals surface area contributed by atoms with E-state index >= 15 is 0 Å². The third-order valence-corrected chi connectivity index (χ3v) is 2.91. The third-order valence-electron chi connectivity index (χ3n) is 2.91. The summed E-state index contributed by atoms with van der Waals surface area (Å²) >= 11 is 0. The van der Waals surface area contributed by atoms with Crippen molar-refractivity contribution in [2.24, 2.45) is 0 Å². The van der Waals surface area contributed by atoms with Gasteiger partial charge in [-0.1, -0.05) is 18.2 Å². The van der Waals surface area contributed by atoms with E-state index in [0.717, 1.165) is 0 Å². The zero-order valence-corrected chi connectivity index (χ0v) is 11.4. The van der Waals surface area contributed by atoms with Gasteiger partial charge < -0.3 is 0 Å². The monoisotopic (exact) mass is 293 g/mol. The fraction of sp³-hybridized carbons (Fsp3) is 0.0714. The zero-order valence-electron chi connectivity index (χ0n) is 10.7. The van der Waals surface area contributed by atoms with Crippen molar-refractivity contribution in [1.82, 2.24) is 0 Å². The second kappa shape index (κ2) is 5.70. The lowest BCUT2D eigenvalue weighted by Gasteiger charge is -2.17. The van der Waals surface area contributed by atoms with Crippen molar-refractivity contribution in [2.75, 3.05) is 0 Å². The second-order valence-electron chi connectivity index (χ2n) is 4.19. The molecule has 0 amide bonds. The largest absolute Gasteiger partial charge is 0.222 e. The maximum Gasteiger partial charge on any atom is 0.211 e. The molecule has 3 aromatic rings. The Bertz CT molecular complexity index is 680. The van der Waals surface area contributed by atoms with Gasteiger partial charge in [0, 0.05) is 30.5 Å². The minimum absolute atomic E-state index is 1.24. The number of fused-ring (bicyclic) bond motifs is 2. The van der Waals surface area contributed by atoms with Crippen LogP contribution in [0.15, 0.2) is 54.7 Å². The molecule has 2 heterocycles. The Labute approximate surface area is 117 Å². The van der Waals surface area contributed by atoms with E-state index in [1.165, 1.54) is 22.0 Å². The lowest BCUT2D eigenvalue weighted by molar-refractivity contribution is -2.00. The fourth-order valence-electron chi connectivity index (χ4n) is 2.12. The lowest BCUT2D eigenvalue weighted by Crippen LogP contribution is -2.68. The van der Waals surface area contributed by atoms with Crippen LogP contribution in [0.25, 0.3) is 16.3 Å². The Kier molecular flexibility index (Phi) is 4.17. The molecule has 0 aliphatic rings. The molecule has 0 spiro atoms. The van der Waals surface area contributed by atoms with Crippen LogP contribution in [-0.2, 0) is 0 Å². The molecule has 0 aliphatic heterocycles. The van der Waals surface area contributed by atoms with Gasteiger partial charge in [-0.3, -0.25) is 0 Å². The first-order valence-corrected chi connectivity index (χ1v) is 7.00. The topological polar surface area (TPSA) is 96.3 Å². The van der Waals surface area contributed by atoms with Gasteiger partial charge in [-0.15, -0.1) is 10.2 Å². The Morgan fingerprint density at radius 1 is 0.900 bits per heavy atom. The van der Waals surface area contributed by atoms with E-state index in [4.69, 9.17) is 18.6 Å². The van der Waals surface area contributed by atoms with Gasteiger partial charge in [0.1, 0.15) is 0 Å². The van der Waals surface area contributed by atoms with E-state index < -0.39 is 10.2 Å². The van der Waals surface area contributed by atoms with Crippen LogP contribution >= 0.6 is 0 Å². The van der Waals surface area contributed by atoms with E-state index in [1.54, 1.807) is 0 Å². The van der Waals surface area contributed by atoms with Gasteiger partial charge in [0.15, 0.2) is 11.9 Å². The first-order valence-electron chi connectivity index (χ1n) is 5.77. The molecular weight excluding hydrogens is 282 g/mol.